The molecule has 0 heterocycles. The largest absolute Gasteiger partial charge is 0.480 e. The Morgan fingerprint density at radius 2 is 1.90 bits per heavy atom. The number of hydrogen-bond acceptors (Lipinski definition) is 3. The van der Waals surface area contributed by atoms with E-state index in [4.69, 9.17) is 10.8 Å². The van der Waals surface area contributed by atoms with E-state index in [1.165, 1.54) is 0 Å². The second kappa shape index (κ2) is 8.91. The molecule has 1 amide bonds. The molecular weight excluding hydrogens is 371 g/mol. The summed E-state index contributed by atoms with van der Waals surface area (Å²) < 4.78 is 1.14. The van der Waals surface area contributed by atoms with Crippen LogP contribution in [0.4, 0.5) is 0 Å². The lowest BCUT2D eigenvalue weighted by molar-refractivity contribution is -0.138. The molecule has 0 saturated heterocycles. The highest BCUT2D eigenvalue weighted by molar-refractivity contribution is 14.1. The second-order valence-electron chi connectivity index (χ2n) is 4.59. The molecule has 5 nitrogen and oxygen atoms in total. The summed E-state index contributed by atoms with van der Waals surface area (Å²) in [6, 6.07) is 7.01. The van der Waals surface area contributed by atoms with Crippen molar-refractivity contribution in [2.24, 2.45) is 5.73 Å². The van der Waals surface area contributed by atoms with Crippen LogP contribution in [0.1, 0.15) is 24.8 Å². The van der Waals surface area contributed by atoms with E-state index in [1.807, 2.05) is 24.3 Å². The Morgan fingerprint density at radius 3 is 2.50 bits per heavy atom. The Hall–Kier alpha value is -1.15. The Kier molecular flexibility index (Phi) is 7.53. The van der Waals surface area contributed by atoms with Gasteiger partial charge >= 0.3 is 5.97 Å². The van der Waals surface area contributed by atoms with E-state index in [9.17, 15) is 9.59 Å². The molecule has 1 rings (SSSR count). The van der Waals surface area contributed by atoms with Gasteiger partial charge in [0.05, 0.1) is 6.42 Å². The molecule has 20 heavy (non-hydrogen) atoms. The van der Waals surface area contributed by atoms with E-state index in [0.29, 0.717) is 25.8 Å². The Labute approximate surface area is 132 Å². The van der Waals surface area contributed by atoms with Crippen molar-refractivity contribution in [3.63, 3.8) is 0 Å². The van der Waals surface area contributed by atoms with Crippen LogP contribution in [0.3, 0.4) is 0 Å². The van der Waals surface area contributed by atoms with Crippen molar-refractivity contribution in [3.05, 3.63) is 33.4 Å². The van der Waals surface area contributed by atoms with Gasteiger partial charge in [-0.1, -0.05) is 12.1 Å². The van der Waals surface area contributed by atoms with E-state index >= 15 is 0 Å². The third-order valence-electron chi connectivity index (χ3n) is 2.86. The van der Waals surface area contributed by atoms with E-state index in [0.717, 1.165) is 15.6 Å². The highest BCUT2D eigenvalue weighted by Gasteiger charge is 2.10. The first-order valence-corrected chi connectivity index (χ1v) is 7.56. The average Bonchev–Trinajstić information content (AvgIpc) is 2.40. The number of benzene rings is 1. The maximum Gasteiger partial charge on any atom is 0.320 e. The lowest BCUT2D eigenvalue weighted by atomic mass is 10.1. The summed E-state index contributed by atoms with van der Waals surface area (Å²) in [6.45, 7) is 0.551. The quantitative estimate of drug-likeness (QED) is 0.464. The lowest BCUT2D eigenvalue weighted by Gasteiger charge is -2.07. The van der Waals surface area contributed by atoms with Gasteiger partial charge in [0, 0.05) is 10.1 Å². The molecule has 0 aromatic heterocycles. The fraction of sp³-hybridized carbons (Fsp3) is 0.429. The number of carbonyl (C=O) groups is 2. The molecule has 6 heteroatoms. The van der Waals surface area contributed by atoms with Gasteiger partial charge < -0.3 is 16.2 Å². The third-order valence-corrected chi connectivity index (χ3v) is 3.58. The van der Waals surface area contributed by atoms with E-state index in [2.05, 4.69) is 27.9 Å². The standard InChI is InChI=1S/C14H19IN2O3/c15-11-6-4-10(5-7-11)9-13(18)17-8-2-1-3-12(16)14(19)20/h4-7,12H,1-3,8-9,16H2,(H,17,18)(H,19,20)/t12-/m0/s1. The van der Waals surface area contributed by atoms with E-state index in [1.54, 1.807) is 0 Å². The number of hydrogen-bond donors (Lipinski definition) is 3. The number of amides is 1. The molecule has 0 fully saturated rings. The minimum Gasteiger partial charge on any atom is -0.480 e. The van der Waals surface area contributed by atoms with Crippen molar-refractivity contribution in [1.29, 1.82) is 0 Å². The predicted molar refractivity (Wildman–Crippen MR) is 85.3 cm³/mol. The second-order valence-corrected chi connectivity index (χ2v) is 5.84. The zero-order chi connectivity index (χ0) is 15.0. The van der Waals surface area contributed by atoms with Crippen molar-refractivity contribution in [1.82, 2.24) is 5.32 Å². The first kappa shape index (κ1) is 16.9. The molecule has 0 radical (unpaired) electrons. The molecule has 0 unspecified atom stereocenters. The number of nitrogens with one attached hydrogen (secondary N) is 1. The molecule has 0 aliphatic carbocycles. The number of aliphatic carboxylic acids is 1. The minimum atomic E-state index is -0.979. The molecule has 1 atom stereocenters. The van der Waals surface area contributed by atoms with Crippen LogP contribution >= 0.6 is 22.6 Å². The molecule has 0 bridgehead atoms. The van der Waals surface area contributed by atoms with Crippen LogP contribution in [0.15, 0.2) is 24.3 Å². The Bertz CT molecular complexity index is 448. The van der Waals surface area contributed by atoms with E-state index in [-0.39, 0.29) is 5.91 Å². The highest BCUT2D eigenvalue weighted by atomic mass is 127. The van der Waals surface area contributed by atoms with Crippen LogP contribution in [0.25, 0.3) is 0 Å². The van der Waals surface area contributed by atoms with Gasteiger partial charge in [-0.3, -0.25) is 9.59 Å². The molecular formula is C14H19IN2O3. The zero-order valence-electron chi connectivity index (χ0n) is 11.1. The van der Waals surface area contributed by atoms with Crippen LogP contribution in [-0.4, -0.2) is 29.6 Å². The van der Waals surface area contributed by atoms with Crippen molar-refractivity contribution in [2.45, 2.75) is 31.7 Å². The van der Waals surface area contributed by atoms with Crippen LogP contribution < -0.4 is 11.1 Å². The molecule has 4 N–H and O–H groups in total. The van der Waals surface area contributed by atoms with Gasteiger partial charge in [0.25, 0.3) is 0 Å². The average molecular weight is 390 g/mol. The number of unbranched alkanes of at least 4 members (excludes halogenated alkanes) is 1. The summed E-state index contributed by atoms with van der Waals surface area (Å²) in [5.41, 5.74) is 6.37. The molecule has 0 aliphatic heterocycles. The van der Waals surface area contributed by atoms with Crippen LogP contribution in [0.5, 0.6) is 0 Å². The summed E-state index contributed by atoms with van der Waals surface area (Å²) >= 11 is 2.22. The van der Waals surface area contributed by atoms with Crippen LogP contribution in [-0.2, 0) is 16.0 Å². The normalized spacial score (nSPS) is 11.9. The van der Waals surface area contributed by atoms with Gasteiger partial charge in [-0.25, -0.2) is 0 Å². The van der Waals surface area contributed by atoms with Crippen molar-refractivity contribution in [3.8, 4) is 0 Å². The fourth-order valence-electron chi connectivity index (χ4n) is 1.69. The Morgan fingerprint density at radius 1 is 1.25 bits per heavy atom. The monoisotopic (exact) mass is 390 g/mol. The van der Waals surface area contributed by atoms with Crippen molar-refractivity contribution < 1.29 is 14.7 Å². The summed E-state index contributed by atoms with van der Waals surface area (Å²) in [5.74, 6) is -0.999. The molecule has 0 aliphatic rings. The first-order valence-electron chi connectivity index (χ1n) is 6.48. The molecule has 1 aromatic carbocycles. The fourth-order valence-corrected chi connectivity index (χ4v) is 2.05. The number of carboxylic acids is 1. The van der Waals surface area contributed by atoms with Gasteiger partial charge in [0.2, 0.25) is 5.91 Å². The zero-order valence-corrected chi connectivity index (χ0v) is 13.3. The SMILES string of the molecule is N[C@@H](CCCCNC(=O)Cc1ccc(I)cc1)C(=O)O. The molecule has 0 spiro atoms. The van der Waals surface area contributed by atoms with Crippen LogP contribution in [0, 0.1) is 3.57 Å². The van der Waals surface area contributed by atoms with Crippen molar-refractivity contribution >= 4 is 34.5 Å². The topological polar surface area (TPSA) is 92.4 Å². The molecule has 0 saturated carbocycles. The maximum atomic E-state index is 11.7. The predicted octanol–water partition coefficient (Wildman–Crippen LogP) is 1.53. The Balaban J connectivity index is 2.14. The highest BCUT2D eigenvalue weighted by Crippen LogP contribution is 2.07. The third kappa shape index (κ3) is 6.85. The summed E-state index contributed by atoms with van der Waals surface area (Å²) in [5, 5.41) is 11.4. The summed E-state index contributed by atoms with van der Waals surface area (Å²) in [4.78, 5) is 22.2. The summed E-state index contributed by atoms with van der Waals surface area (Å²) in [6.07, 6.45) is 2.23. The number of rotatable bonds is 8. The molecule has 110 valence electrons. The van der Waals surface area contributed by atoms with Gasteiger partial charge in [-0.2, -0.15) is 0 Å². The minimum absolute atomic E-state index is 0.0197. The number of halogens is 1. The van der Waals surface area contributed by atoms with Crippen molar-refractivity contribution in [2.75, 3.05) is 6.54 Å². The first-order chi connectivity index (χ1) is 9.49. The number of carbonyl (C=O) groups excluding carboxylic acids is 1. The van der Waals surface area contributed by atoms with Gasteiger partial charge in [0.1, 0.15) is 6.04 Å². The smallest absolute Gasteiger partial charge is 0.320 e. The maximum absolute atomic E-state index is 11.7. The van der Waals surface area contributed by atoms with Gasteiger partial charge in [0.15, 0.2) is 0 Å². The molecule has 1 aromatic rings. The van der Waals surface area contributed by atoms with Crippen LogP contribution in [0.2, 0.25) is 0 Å². The number of carboxylic acid groups (broad SMARTS) is 1. The van der Waals surface area contributed by atoms with Gasteiger partial charge in [-0.15, -0.1) is 0 Å². The lowest BCUT2D eigenvalue weighted by Crippen LogP contribution is -2.30. The summed E-state index contributed by atoms with van der Waals surface area (Å²) in [7, 11) is 0. The van der Waals surface area contributed by atoms with Gasteiger partial charge in [-0.05, 0) is 59.5 Å². The number of nitrogens with two attached hydrogens (primary N) is 1. The van der Waals surface area contributed by atoms with E-state index < -0.39 is 12.0 Å².